The number of hydrogen-bond acceptors (Lipinski definition) is 6. The summed E-state index contributed by atoms with van der Waals surface area (Å²) in [6.07, 6.45) is 1.26. The zero-order valence-corrected chi connectivity index (χ0v) is 9.82. The number of nitro benzene ring substituents is 1. The molecule has 0 fully saturated rings. The number of amides is 1. The van der Waals surface area contributed by atoms with Gasteiger partial charge in [0.2, 0.25) is 0 Å². The van der Waals surface area contributed by atoms with Crippen molar-refractivity contribution in [2.75, 3.05) is 12.4 Å². The Labute approximate surface area is 107 Å². The van der Waals surface area contributed by atoms with Crippen molar-refractivity contribution >= 4 is 17.3 Å². The summed E-state index contributed by atoms with van der Waals surface area (Å²) in [5.74, 6) is -0.405. The van der Waals surface area contributed by atoms with Gasteiger partial charge in [-0.25, -0.2) is 0 Å². The monoisotopic (exact) mass is 263 g/mol. The number of benzene rings is 1. The number of carbonyl (C=O) groups is 1. The highest BCUT2D eigenvalue weighted by Gasteiger charge is 2.17. The second-order valence-corrected chi connectivity index (χ2v) is 3.48. The second kappa shape index (κ2) is 5.17. The summed E-state index contributed by atoms with van der Waals surface area (Å²) in [6, 6.07) is 5.48. The van der Waals surface area contributed by atoms with Crippen molar-refractivity contribution in [1.29, 1.82) is 0 Å². The summed E-state index contributed by atoms with van der Waals surface area (Å²) in [5, 5.41) is 16.8. The molecule has 98 valence electrons. The van der Waals surface area contributed by atoms with Gasteiger partial charge in [0.1, 0.15) is 6.26 Å². The van der Waals surface area contributed by atoms with Gasteiger partial charge in [-0.3, -0.25) is 14.9 Å². The highest BCUT2D eigenvalue weighted by atomic mass is 16.6. The van der Waals surface area contributed by atoms with E-state index >= 15 is 0 Å². The second-order valence-electron chi connectivity index (χ2n) is 3.48. The molecule has 0 aliphatic rings. The van der Waals surface area contributed by atoms with E-state index in [0.717, 1.165) is 0 Å². The van der Waals surface area contributed by atoms with Crippen molar-refractivity contribution in [2.45, 2.75) is 0 Å². The molecule has 8 heteroatoms. The highest BCUT2D eigenvalue weighted by molar-refractivity contribution is 6.02. The average Bonchev–Trinajstić information content (AvgIpc) is 2.92. The number of aromatic nitrogens is 1. The van der Waals surface area contributed by atoms with E-state index in [1.807, 2.05) is 0 Å². The number of ether oxygens (including phenoxy) is 1. The van der Waals surface area contributed by atoms with Crippen molar-refractivity contribution in [1.82, 2.24) is 5.16 Å². The molecule has 1 heterocycles. The fourth-order valence-corrected chi connectivity index (χ4v) is 1.44. The summed E-state index contributed by atoms with van der Waals surface area (Å²) >= 11 is 0. The molecule has 0 saturated carbocycles. The summed E-state index contributed by atoms with van der Waals surface area (Å²) < 4.78 is 9.39. The maximum atomic E-state index is 11.7. The largest absolute Gasteiger partial charge is 0.490 e. The standard InChI is InChI=1S/C11H9N3O5/c1-18-10-3-2-7(6-9(10)14(16)17)12-11(15)8-4-5-19-13-8/h2-6H,1H3,(H,12,15). The van der Waals surface area contributed by atoms with Crippen molar-refractivity contribution in [3.8, 4) is 5.75 Å². The maximum absolute atomic E-state index is 11.7. The number of nitro groups is 1. The Kier molecular flexibility index (Phi) is 3.42. The molecular weight excluding hydrogens is 254 g/mol. The van der Waals surface area contributed by atoms with Gasteiger partial charge in [0.15, 0.2) is 11.4 Å². The van der Waals surface area contributed by atoms with E-state index in [4.69, 9.17) is 4.74 Å². The zero-order valence-electron chi connectivity index (χ0n) is 9.82. The predicted octanol–water partition coefficient (Wildman–Crippen LogP) is 1.84. The molecule has 0 saturated heterocycles. The molecule has 2 aromatic rings. The number of methoxy groups -OCH3 is 1. The first-order valence-electron chi connectivity index (χ1n) is 5.16. The molecule has 0 spiro atoms. The Hall–Kier alpha value is -2.90. The third kappa shape index (κ3) is 2.68. The van der Waals surface area contributed by atoms with Crippen LogP contribution in [0.1, 0.15) is 10.5 Å². The van der Waals surface area contributed by atoms with Gasteiger partial charge in [0, 0.05) is 17.8 Å². The number of carbonyl (C=O) groups excluding carboxylic acids is 1. The molecule has 1 aromatic heterocycles. The quantitative estimate of drug-likeness (QED) is 0.666. The van der Waals surface area contributed by atoms with Gasteiger partial charge in [-0.2, -0.15) is 0 Å². The Morgan fingerprint density at radius 2 is 2.26 bits per heavy atom. The highest BCUT2D eigenvalue weighted by Crippen LogP contribution is 2.29. The lowest BCUT2D eigenvalue weighted by molar-refractivity contribution is -0.385. The summed E-state index contributed by atoms with van der Waals surface area (Å²) in [6.45, 7) is 0. The van der Waals surface area contributed by atoms with Crippen LogP contribution >= 0.6 is 0 Å². The molecule has 8 nitrogen and oxygen atoms in total. The van der Waals surface area contributed by atoms with Gasteiger partial charge in [-0.15, -0.1) is 0 Å². The van der Waals surface area contributed by atoms with Crippen LogP contribution in [0.4, 0.5) is 11.4 Å². The van der Waals surface area contributed by atoms with Gasteiger partial charge >= 0.3 is 5.69 Å². The topological polar surface area (TPSA) is 108 Å². The van der Waals surface area contributed by atoms with Crippen LogP contribution in [0.15, 0.2) is 35.1 Å². The van der Waals surface area contributed by atoms with Crippen LogP contribution in [0.25, 0.3) is 0 Å². The van der Waals surface area contributed by atoms with Gasteiger partial charge in [0.25, 0.3) is 5.91 Å². The van der Waals surface area contributed by atoms with E-state index < -0.39 is 10.8 Å². The molecule has 19 heavy (non-hydrogen) atoms. The van der Waals surface area contributed by atoms with Crippen LogP contribution in [-0.2, 0) is 0 Å². The number of nitrogens with one attached hydrogen (secondary N) is 1. The lowest BCUT2D eigenvalue weighted by atomic mass is 10.2. The summed E-state index contributed by atoms with van der Waals surface area (Å²) in [7, 11) is 1.33. The molecule has 0 aliphatic heterocycles. The molecule has 0 bridgehead atoms. The number of anilines is 1. The minimum Gasteiger partial charge on any atom is -0.490 e. The molecule has 0 aliphatic carbocycles. The number of hydrogen-bond donors (Lipinski definition) is 1. The van der Waals surface area contributed by atoms with E-state index in [1.165, 1.54) is 37.6 Å². The molecule has 2 rings (SSSR count). The third-order valence-electron chi connectivity index (χ3n) is 2.30. The number of rotatable bonds is 4. The van der Waals surface area contributed by atoms with Gasteiger partial charge in [0.05, 0.1) is 12.0 Å². The SMILES string of the molecule is COc1ccc(NC(=O)c2ccon2)cc1[N+](=O)[O-]. The lowest BCUT2D eigenvalue weighted by Crippen LogP contribution is -2.12. The molecule has 0 atom stereocenters. The van der Waals surface area contributed by atoms with Crippen LogP contribution in [0.2, 0.25) is 0 Å². The molecule has 1 aromatic carbocycles. The summed E-state index contributed by atoms with van der Waals surface area (Å²) in [5.41, 5.74) is 0.111. The van der Waals surface area contributed by atoms with E-state index in [1.54, 1.807) is 0 Å². The fourth-order valence-electron chi connectivity index (χ4n) is 1.44. The van der Waals surface area contributed by atoms with Crippen LogP contribution in [0.5, 0.6) is 5.75 Å². The fraction of sp³-hybridized carbons (Fsp3) is 0.0909. The maximum Gasteiger partial charge on any atom is 0.312 e. The molecule has 1 amide bonds. The van der Waals surface area contributed by atoms with Crippen molar-refractivity contribution < 1.29 is 19.0 Å². The molecule has 1 N–H and O–H groups in total. The summed E-state index contributed by atoms with van der Waals surface area (Å²) in [4.78, 5) is 21.9. The predicted molar refractivity (Wildman–Crippen MR) is 64.1 cm³/mol. The lowest BCUT2D eigenvalue weighted by Gasteiger charge is -2.05. The third-order valence-corrected chi connectivity index (χ3v) is 2.30. The Morgan fingerprint density at radius 3 is 2.84 bits per heavy atom. The number of nitrogens with zero attached hydrogens (tertiary/aromatic N) is 2. The van der Waals surface area contributed by atoms with E-state index in [0.29, 0.717) is 0 Å². The van der Waals surface area contributed by atoms with Crippen LogP contribution in [-0.4, -0.2) is 23.1 Å². The molecular formula is C11H9N3O5. The van der Waals surface area contributed by atoms with E-state index in [-0.39, 0.29) is 22.8 Å². The first-order valence-corrected chi connectivity index (χ1v) is 5.16. The zero-order chi connectivity index (χ0) is 13.8. The van der Waals surface area contributed by atoms with Gasteiger partial charge in [-0.05, 0) is 12.1 Å². The minimum atomic E-state index is -0.593. The Bertz CT molecular complexity index is 609. The van der Waals surface area contributed by atoms with Crippen LogP contribution in [0.3, 0.4) is 0 Å². The molecule has 0 radical (unpaired) electrons. The van der Waals surface area contributed by atoms with E-state index in [9.17, 15) is 14.9 Å². The Balaban J connectivity index is 2.24. The van der Waals surface area contributed by atoms with Crippen molar-refractivity contribution in [3.05, 3.63) is 46.3 Å². The van der Waals surface area contributed by atoms with Gasteiger partial charge < -0.3 is 14.6 Å². The van der Waals surface area contributed by atoms with Crippen molar-refractivity contribution in [3.63, 3.8) is 0 Å². The van der Waals surface area contributed by atoms with Crippen molar-refractivity contribution in [2.24, 2.45) is 0 Å². The minimum absolute atomic E-state index is 0.0819. The van der Waals surface area contributed by atoms with Crippen LogP contribution in [0, 0.1) is 10.1 Å². The van der Waals surface area contributed by atoms with E-state index in [2.05, 4.69) is 15.0 Å². The normalized spacial score (nSPS) is 9.95. The average molecular weight is 263 g/mol. The van der Waals surface area contributed by atoms with Gasteiger partial charge in [-0.1, -0.05) is 5.16 Å². The first kappa shape index (κ1) is 12.6. The smallest absolute Gasteiger partial charge is 0.312 e. The Morgan fingerprint density at radius 1 is 1.47 bits per heavy atom. The van der Waals surface area contributed by atoms with Crippen LogP contribution < -0.4 is 10.1 Å². The first-order chi connectivity index (χ1) is 9.11. The molecule has 0 unspecified atom stereocenters.